The van der Waals surface area contributed by atoms with Crippen LogP contribution in [0.25, 0.3) is 0 Å². The van der Waals surface area contributed by atoms with Gasteiger partial charge in [-0.15, -0.1) is 11.3 Å². The minimum atomic E-state index is -0.296. The van der Waals surface area contributed by atoms with E-state index >= 15 is 0 Å². The first kappa shape index (κ1) is 22.1. The van der Waals surface area contributed by atoms with Crippen LogP contribution in [0.15, 0.2) is 47.4 Å². The average molecular weight is 454 g/mol. The molecule has 0 bridgehead atoms. The highest BCUT2D eigenvalue weighted by Crippen LogP contribution is 2.30. The van der Waals surface area contributed by atoms with Crippen LogP contribution in [0.1, 0.15) is 48.2 Å². The Hall–Kier alpha value is -3.13. The first-order valence-electron chi connectivity index (χ1n) is 10.8. The number of carbonyl (C=O) groups excluding carboxylic acids is 1. The number of nitrogens with zero attached hydrogens (tertiary/aromatic N) is 2. The number of amides is 1. The van der Waals surface area contributed by atoms with Gasteiger partial charge in [0.1, 0.15) is 6.61 Å². The molecule has 1 N–H and O–H groups in total. The lowest BCUT2D eigenvalue weighted by Crippen LogP contribution is -2.18. The lowest BCUT2D eigenvalue weighted by Gasteiger charge is -2.22. The van der Waals surface area contributed by atoms with Crippen LogP contribution < -0.4 is 19.5 Å². The monoisotopic (exact) mass is 453 g/mol. The number of anilines is 1. The summed E-state index contributed by atoms with van der Waals surface area (Å²) in [5, 5.41) is 4.79. The molecule has 2 heterocycles. The molecule has 1 saturated carbocycles. The molecule has 2 aromatic heterocycles. The second-order valence-electron chi connectivity index (χ2n) is 7.75. The van der Waals surface area contributed by atoms with Gasteiger partial charge >= 0.3 is 0 Å². The van der Waals surface area contributed by atoms with Gasteiger partial charge in [-0.3, -0.25) is 4.79 Å². The standard InChI is InChI=1S/C24H27N3O4S/c1-29-22-12-18(9-10-20(22)31-14-19-15-32-16-26-19)24(28)27-23-21(8-5-11-25-23)30-13-17-6-3-2-4-7-17/h5,8-12,15-17H,2-4,6-7,13-14H2,1H3,(H,25,27,28). The third-order valence-corrected chi connectivity index (χ3v) is 6.12. The fourth-order valence-electron chi connectivity index (χ4n) is 3.73. The number of nitrogens with one attached hydrogen (secondary N) is 1. The van der Waals surface area contributed by atoms with Crippen LogP contribution in [0.2, 0.25) is 0 Å². The molecule has 1 aliphatic carbocycles. The number of hydrogen-bond acceptors (Lipinski definition) is 7. The molecule has 3 aromatic rings. The van der Waals surface area contributed by atoms with Crippen LogP contribution in [-0.4, -0.2) is 29.6 Å². The van der Waals surface area contributed by atoms with E-state index in [0.29, 0.717) is 47.8 Å². The van der Waals surface area contributed by atoms with Crippen molar-refractivity contribution < 1.29 is 19.0 Å². The molecule has 0 spiro atoms. The zero-order valence-corrected chi connectivity index (χ0v) is 18.9. The summed E-state index contributed by atoms with van der Waals surface area (Å²) in [4.78, 5) is 21.4. The average Bonchev–Trinajstić information content (AvgIpc) is 3.36. The second kappa shape index (κ2) is 10.9. The molecule has 1 fully saturated rings. The van der Waals surface area contributed by atoms with Crippen LogP contribution in [0, 0.1) is 5.92 Å². The van der Waals surface area contributed by atoms with E-state index in [0.717, 1.165) is 5.69 Å². The molecule has 0 radical (unpaired) electrons. The summed E-state index contributed by atoms with van der Waals surface area (Å²) in [5.74, 6) is 2.29. The van der Waals surface area contributed by atoms with Gasteiger partial charge in [-0.2, -0.15) is 0 Å². The highest BCUT2D eigenvalue weighted by Gasteiger charge is 2.17. The summed E-state index contributed by atoms with van der Waals surface area (Å²) in [5.41, 5.74) is 3.04. The van der Waals surface area contributed by atoms with Gasteiger partial charge in [0.25, 0.3) is 5.91 Å². The van der Waals surface area contributed by atoms with E-state index in [2.05, 4.69) is 15.3 Å². The number of rotatable bonds is 9. The molecule has 1 aliphatic rings. The number of thiazole rings is 1. The largest absolute Gasteiger partial charge is 0.493 e. The Kier molecular flexibility index (Phi) is 7.55. The van der Waals surface area contributed by atoms with Gasteiger partial charge in [-0.25, -0.2) is 9.97 Å². The molecule has 0 aliphatic heterocycles. The fourth-order valence-corrected chi connectivity index (χ4v) is 4.27. The van der Waals surface area contributed by atoms with E-state index in [9.17, 15) is 4.79 Å². The van der Waals surface area contributed by atoms with E-state index in [4.69, 9.17) is 14.2 Å². The lowest BCUT2D eigenvalue weighted by molar-refractivity contribution is 0.102. The van der Waals surface area contributed by atoms with Crippen molar-refractivity contribution in [3.8, 4) is 17.2 Å². The topological polar surface area (TPSA) is 82.6 Å². The van der Waals surface area contributed by atoms with Crippen molar-refractivity contribution in [1.82, 2.24) is 9.97 Å². The third kappa shape index (κ3) is 5.76. The van der Waals surface area contributed by atoms with Crippen molar-refractivity contribution >= 4 is 23.1 Å². The molecular weight excluding hydrogens is 426 g/mol. The van der Waals surface area contributed by atoms with Crippen molar-refractivity contribution in [2.75, 3.05) is 19.0 Å². The van der Waals surface area contributed by atoms with Gasteiger partial charge in [-0.1, -0.05) is 19.3 Å². The molecule has 8 heteroatoms. The summed E-state index contributed by atoms with van der Waals surface area (Å²) >= 11 is 1.51. The van der Waals surface area contributed by atoms with Crippen molar-refractivity contribution in [3.63, 3.8) is 0 Å². The maximum Gasteiger partial charge on any atom is 0.257 e. The summed E-state index contributed by atoms with van der Waals surface area (Å²) in [6, 6.07) is 8.71. The van der Waals surface area contributed by atoms with Crippen LogP contribution in [0.4, 0.5) is 5.82 Å². The molecule has 168 valence electrons. The van der Waals surface area contributed by atoms with Gasteiger partial charge in [0, 0.05) is 17.1 Å². The van der Waals surface area contributed by atoms with Gasteiger partial charge in [0.2, 0.25) is 0 Å². The van der Waals surface area contributed by atoms with E-state index in [1.807, 2.05) is 17.5 Å². The maximum atomic E-state index is 12.9. The Morgan fingerprint density at radius 3 is 2.75 bits per heavy atom. The maximum absolute atomic E-state index is 12.9. The molecule has 0 unspecified atom stereocenters. The van der Waals surface area contributed by atoms with E-state index in [-0.39, 0.29) is 5.91 Å². The quantitative estimate of drug-likeness (QED) is 0.471. The minimum Gasteiger partial charge on any atom is -0.493 e. The van der Waals surface area contributed by atoms with Crippen LogP contribution >= 0.6 is 11.3 Å². The van der Waals surface area contributed by atoms with E-state index in [1.54, 1.807) is 37.0 Å². The highest BCUT2D eigenvalue weighted by atomic mass is 32.1. The molecule has 0 atom stereocenters. The molecule has 32 heavy (non-hydrogen) atoms. The normalized spacial score (nSPS) is 14.0. The molecule has 7 nitrogen and oxygen atoms in total. The molecular formula is C24H27N3O4S. The number of aromatic nitrogens is 2. The predicted octanol–water partition coefficient (Wildman–Crippen LogP) is 5.34. The van der Waals surface area contributed by atoms with Crippen molar-refractivity contribution in [3.05, 3.63) is 58.7 Å². The van der Waals surface area contributed by atoms with Crippen molar-refractivity contribution in [2.24, 2.45) is 5.92 Å². The van der Waals surface area contributed by atoms with Crippen LogP contribution in [-0.2, 0) is 6.61 Å². The predicted molar refractivity (Wildman–Crippen MR) is 124 cm³/mol. The number of hydrogen-bond donors (Lipinski definition) is 1. The molecule has 1 amide bonds. The summed E-state index contributed by atoms with van der Waals surface area (Å²) in [6.45, 7) is 0.981. The smallest absolute Gasteiger partial charge is 0.257 e. The number of methoxy groups -OCH3 is 1. The second-order valence-corrected chi connectivity index (χ2v) is 8.47. The minimum absolute atomic E-state index is 0.296. The van der Waals surface area contributed by atoms with Gasteiger partial charge in [0.05, 0.1) is 24.9 Å². The molecule has 0 saturated heterocycles. The third-order valence-electron chi connectivity index (χ3n) is 5.49. The Bertz CT molecular complexity index is 1020. The summed E-state index contributed by atoms with van der Waals surface area (Å²) < 4.78 is 17.2. The Balaban J connectivity index is 1.41. The van der Waals surface area contributed by atoms with Gasteiger partial charge in [-0.05, 0) is 49.1 Å². The first-order chi connectivity index (χ1) is 15.7. The lowest BCUT2D eigenvalue weighted by atomic mass is 9.90. The van der Waals surface area contributed by atoms with Crippen LogP contribution in [0.5, 0.6) is 17.2 Å². The Labute approximate surface area is 191 Å². The fraction of sp³-hybridized carbons (Fsp3) is 0.375. The van der Waals surface area contributed by atoms with Gasteiger partial charge < -0.3 is 19.5 Å². The van der Waals surface area contributed by atoms with Crippen molar-refractivity contribution in [2.45, 2.75) is 38.7 Å². The zero-order valence-electron chi connectivity index (χ0n) is 18.1. The first-order valence-corrected chi connectivity index (χ1v) is 11.7. The number of pyridine rings is 1. The van der Waals surface area contributed by atoms with Crippen molar-refractivity contribution in [1.29, 1.82) is 0 Å². The number of carbonyl (C=O) groups is 1. The van der Waals surface area contributed by atoms with E-state index in [1.165, 1.54) is 43.4 Å². The van der Waals surface area contributed by atoms with Gasteiger partial charge in [0.15, 0.2) is 23.1 Å². The molecule has 4 rings (SSSR count). The number of ether oxygens (including phenoxy) is 3. The summed E-state index contributed by atoms with van der Waals surface area (Å²) in [7, 11) is 1.54. The Morgan fingerprint density at radius 1 is 1.09 bits per heavy atom. The zero-order chi connectivity index (χ0) is 22.2. The number of benzene rings is 1. The summed E-state index contributed by atoms with van der Waals surface area (Å²) in [6.07, 6.45) is 7.85. The van der Waals surface area contributed by atoms with E-state index < -0.39 is 0 Å². The highest BCUT2D eigenvalue weighted by molar-refractivity contribution is 7.07. The Morgan fingerprint density at radius 2 is 1.97 bits per heavy atom. The molecule has 1 aromatic carbocycles. The SMILES string of the molecule is COc1cc(C(=O)Nc2ncccc2OCC2CCCCC2)ccc1OCc1cscn1. The van der Waals surface area contributed by atoms with Crippen LogP contribution in [0.3, 0.4) is 0 Å².